The number of hydrogen-bond acceptors (Lipinski definition) is 5. The molecule has 4 saturated carbocycles. The zero-order valence-electron chi connectivity index (χ0n) is 19.1. The predicted molar refractivity (Wildman–Crippen MR) is 113 cm³/mol. The Balaban J connectivity index is 1.59. The molecule has 0 aromatic carbocycles. The van der Waals surface area contributed by atoms with E-state index in [1.807, 2.05) is 0 Å². The fourth-order valence-electron chi connectivity index (χ4n) is 8.51. The van der Waals surface area contributed by atoms with E-state index in [2.05, 4.69) is 20.8 Å². The summed E-state index contributed by atoms with van der Waals surface area (Å²) in [6, 6.07) is 0. The summed E-state index contributed by atoms with van der Waals surface area (Å²) in [5.41, 5.74) is -0.343. The summed E-state index contributed by atoms with van der Waals surface area (Å²) < 4.78 is 4.81. The van der Waals surface area contributed by atoms with Gasteiger partial charge in [-0.3, -0.25) is 9.59 Å². The number of Topliss-reactive ketones (excluding diaryl/α,β-unsaturated/α-hetero) is 1. The van der Waals surface area contributed by atoms with Crippen molar-refractivity contribution in [2.75, 3.05) is 7.11 Å². The number of rotatable bonds is 4. The molecule has 5 heteroatoms. The van der Waals surface area contributed by atoms with E-state index in [0.717, 1.165) is 44.9 Å². The van der Waals surface area contributed by atoms with Gasteiger partial charge in [0.2, 0.25) is 0 Å². The van der Waals surface area contributed by atoms with E-state index in [1.165, 1.54) is 7.11 Å². The minimum atomic E-state index is -0.394. The molecule has 10 atom stereocenters. The lowest BCUT2D eigenvalue weighted by molar-refractivity contribution is -0.181. The third kappa shape index (κ3) is 3.26. The Morgan fingerprint density at radius 3 is 2.60 bits per heavy atom. The Bertz CT molecular complexity index is 691. The highest BCUT2D eigenvalue weighted by Crippen LogP contribution is 2.67. The first-order valence-corrected chi connectivity index (χ1v) is 12.1. The number of carbonyl (C=O) groups is 2. The number of ether oxygens (including phenoxy) is 1. The van der Waals surface area contributed by atoms with Gasteiger partial charge in [0.25, 0.3) is 0 Å². The van der Waals surface area contributed by atoms with E-state index in [1.54, 1.807) is 0 Å². The van der Waals surface area contributed by atoms with Crippen molar-refractivity contribution in [2.45, 2.75) is 90.8 Å². The number of hydrogen-bond donors (Lipinski definition) is 2. The second-order valence-electron chi connectivity index (χ2n) is 11.4. The average molecular weight is 421 g/mol. The highest BCUT2D eigenvalue weighted by atomic mass is 16.5. The van der Waals surface area contributed by atoms with E-state index in [-0.39, 0.29) is 53.2 Å². The normalized spacial score (nSPS) is 49.0. The van der Waals surface area contributed by atoms with Crippen molar-refractivity contribution < 1.29 is 24.5 Å². The van der Waals surface area contributed by atoms with Gasteiger partial charge >= 0.3 is 5.97 Å². The van der Waals surface area contributed by atoms with Crippen molar-refractivity contribution in [3.8, 4) is 0 Å². The third-order valence-corrected chi connectivity index (χ3v) is 10.3. The molecule has 0 radical (unpaired) electrons. The van der Waals surface area contributed by atoms with Gasteiger partial charge in [0.15, 0.2) is 0 Å². The summed E-state index contributed by atoms with van der Waals surface area (Å²) >= 11 is 0. The number of ketones is 1. The first kappa shape index (κ1) is 22.3. The van der Waals surface area contributed by atoms with E-state index in [9.17, 15) is 19.8 Å². The Hall–Kier alpha value is -0.940. The molecule has 30 heavy (non-hydrogen) atoms. The van der Waals surface area contributed by atoms with E-state index in [0.29, 0.717) is 24.5 Å². The zero-order chi connectivity index (χ0) is 21.8. The Morgan fingerprint density at radius 1 is 1.17 bits per heavy atom. The van der Waals surface area contributed by atoms with Crippen molar-refractivity contribution in [2.24, 2.45) is 46.3 Å². The largest absolute Gasteiger partial charge is 0.469 e. The second kappa shape index (κ2) is 7.88. The number of methoxy groups -OCH3 is 1. The summed E-state index contributed by atoms with van der Waals surface area (Å²) in [6.45, 7) is 6.67. The van der Waals surface area contributed by atoms with Gasteiger partial charge in [0.05, 0.1) is 19.3 Å². The minimum absolute atomic E-state index is 0.0503. The monoisotopic (exact) mass is 420 g/mol. The van der Waals surface area contributed by atoms with Crippen LogP contribution in [-0.4, -0.2) is 41.3 Å². The molecule has 10 unspecified atom stereocenters. The maximum atomic E-state index is 13.7. The lowest BCUT2D eigenvalue weighted by atomic mass is 9.43. The van der Waals surface area contributed by atoms with Crippen LogP contribution >= 0.6 is 0 Å². The van der Waals surface area contributed by atoms with Gasteiger partial charge in [0, 0.05) is 18.3 Å². The predicted octanol–water partition coefficient (Wildman–Crippen LogP) is 3.75. The molecular formula is C25H40O5. The van der Waals surface area contributed by atoms with Crippen LogP contribution in [0.4, 0.5) is 0 Å². The number of carbonyl (C=O) groups excluding carboxylic acids is 2. The van der Waals surface area contributed by atoms with Crippen molar-refractivity contribution in [1.29, 1.82) is 0 Å². The summed E-state index contributed by atoms with van der Waals surface area (Å²) in [4.78, 5) is 25.4. The molecule has 4 rings (SSSR count). The van der Waals surface area contributed by atoms with Crippen LogP contribution in [0.3, 0.4) is 0 Å². The lowest BCUT2D eigenvalue weighted by Crippen LogP contribution is -2.61. The minimum Gasteiger partial charge on any atom is -0.469 e. The molecule has 2 N–H and O–H groups in total. The van der Waals surface area contributed by atoms with Gasteiger partial charge in [0.1, 0.15) is 5.78 Å². The van der Waals surface area contributed by atoms with E-state index >= 15 is 0 Å². The van der Waals surface area contributed by atoms with Gasteiger partial charge in [-0.15, -0.1) is 0 Å². The van der Waals surface area contributed by atoms with Gasteiger partial charge in [-0.05, 0) is 85.9 Å². The maximum Gasteiger partial charge on any atom is 0.305 e. The van der Waals surface area contributed by atoms with Crippen LogP contribution in [0.5, 0.6) is 0 Å². The second-order valence-corrected chi connectivity index (χ2v) is 11.4. The molecule has 0 saturated heterocycles. The molecule has 0 aliphatic heterocycles. The molecule has 0 bridgehead atoms. The molecule has 5 nitrogen and oxygen atoms in total. The molecule has 0 aromatic rings. The number of aliphatic hydroxyl groups excluding tert-OH is 2. The van der Waals surface area contributed by atoms with Gasteiger partial charge in [-0.2, -0.15) is 0 Å². The van der Waals surface area contributed by atoms with E-state index in [4.69, 9.17) is 4.74 Å². The SMILES string of the molecule is COC(=O)CCC(C)C1CCC2C3C(O)CC4CC(O)CCC4(C)C3CC(=O)C12C. The van der Waals surface area contributed by atoms with E-state index < -0.39 is 5.41 Å². The van der Waals surface area contributed by atoms with Crippen molar-refractivity contribution in [3.63, 3.8) is 0 Å². The Kier molecular flexibility index (Phi) is 5.85. The van der Waals surface area contributed by atoms with Gasteiger partial charge < -0.3 is 14.9 Å². The van der Waals surface area contributed by atoms with Crippen molar-refractivity contribution >= 4 is 11.8 Å². The molecule has 4 fully saturated rings. The molecule has 170 valence electrons. The molecule has 4 aliphatic carbocycles. The van der Waals surface area contributed by atoms with Crippen LogP contribution < -0.4 is 0 Å². The Morgan fingerprint density at radius 2 is 1.90 bits per heavy atom. The first-order chi connectivity index (χ1) is 14.1. The van der Waals surface area contributed by atoms with Crippen LogP contribution in [-0.2, 0) is 14.3 Å². The van der Waals surface area contributed by atoms with Crippen LogP contribution in [0.1, 0.15) is 78.6 Å². The number of esters is 1. The molecule has 0 amide bonds. The molecular weight excluding hydrogens is 380 g/mol. The topological polar surface area (TPSA) is 83.8 Å². The van der Waals surface area contributed by atoms with Crippen molar-refractivity contribution in [3.05, 3.63) is 0 Å². The summed E-state index contributed by atoms with van der Waals surface area (Å²) in [6.07, 6.45) is 6.39. The van der Waals surface area contributed by atoms with Crippen molar-refractivity contribution in [1.82, 2.24) is 0 Å². The van der Waals surface area contributed by atoms with Crippen LogP contribution in [0.2, 0.25) is 0 Å². The first-order valence-electron chi connectivity index (χ1n) is 12.1. The highest BCUT2D eigenvalue weighted by Gasteiger charge is 2.65. The maximum absolute atomic E-state index is 13.7. The molecule has 0 spiro atoms. The molecule has 4 aliphatic rings. The van der Waals surface area contributed by atoms with Crippen LogP contribution in [0.15, 0.2) is 0 Å². The molecule has 0 heterocycles. The third-order valence-electron chi connectivity index (χ3n) is 10.3. The standard InChI is InChI=1S/C25H40O5/c1-14(5-8-22(29)30-4)17-6-7-18-23-19(13-21(28)25(17,18)3)24(2)10-9-16(26)11-15(24)12-20(23)27/h14-20,23,26-27H,5-13H2,1-4H3. The highest BCUT2D eigenvalue weighted by molar-refractivity contribution is 5.87. The van der Waals surface area contributed by atoms with Crippen LogP contribution in [0, 0.1) is 46.3 Å². The zero-order valence-corrected chi connectivity index (χ0v) is 19.1. The number of fused-ring (bicyclic) bond motifs is 5. The Labute approximate surface area is 180 Å². The van der Waals surface area contributed by atoms with Gasteiger partial charge in [-0.1, -0.05) is 20.8 Å². The van der Waals surface area contributed by atoms with Crippen LogP contribution in [0.25, 0.3) is 0 Å². The summed E-state index contributed by atoms with van der Waals surface area (Å²) in [7, 11) is 1.42. The summed E-state index contributed by atoms with van der Waals surface area (Å²) in [5.74, 6) is 1.70. The summed E-state index contributed by atoms with van der Waals surface area (Å²) in [5, 5.41) is 21.5. The quantitative estimate of drug-likeness (QED) is 0.677. The smallest absolute Gasteiger partial charge is 0.305 e. The lowest BCUT2D eigenvalue weighted by Gasteiger charge is -2.61. The average Bonchev–Trinajstić information content (AvgIpc) is 3.06. The number of aliphatic hydroxyl groups is 2. The molecule has 0 aromatic heterocycles. The van der Waals surface area contributed by atoms with Gasteiger partial charge in [-0.25, -0.2) is 0 Å². The fourth-order valence-corrected chi connectivity index (χ4v) is 8.51. The fraction of sp³-hybridized carbons (Fsp3) is 0.920.